The van der Waals surface area contributed by atoms with E-state index in [0.29, 0.717) is 19.6 Å². The van der Waals surface area contributed by atoms with Crippen molar-refractivity contribution >= 4 is 23.1 Å². The summed E-state index contributed by atoms with van der Waals surface area (Å²) >= 11 is 0. The molecule has 0 aliphatic carbocycles. The van der Waals surface area contributed by atoms with Gasteiger partial charge in [-0.05, 0) is 30.2 Å². The smallest absolute Gasteiger partial charge is 0.229 e. The lowest BCUT2D eigenvalue weighted by molar-refractivity contribution is -0.121. The third kappa shape index (κ3) is 3.31. The van der Waals surface area contributed by atoms with Gasteiger partial charge in [-0.15, -0.1) is 0 Å². The summed E-state index contributed by atoms with van der Waals surface area (Å²) in [6.45, 7) is 4.82. The number of carbonyl (C=O) groups is 2. The zero-order valence-electron chi connectivity index (χ0n) is 16.4. The number of anilines is 2. The van der Waals surface area contributed by atoms with Crippen molar-refractivity contribution in [1.29, 1.82) is 0 Å². The molecule has 2 atom stereocenters. The van der Waals surface area contributed by atoms with E-state index in [1.165, 1.54) is 0 Å². The summed E-state index contributed by atoms with van der Waals surface area (Å²) in [5.74, 6) is -0.391. The minimum absolute atomic E-state index is 0.0595. The van der Waals surface area contributed by atoms with Gasteiger partial charge in [-0.3, -0.25) is 9.59 Å². The average molecular weight is 378 g/mol. The van der Waals surface area contributed by atoms with Crippen LogP contribution >= 0.6 is 0 Å². The fraction of sp³-hybridized carbons (Fsp3) is 0.391. The largest absolute Gasteiger partial charge is 0.378 e. The Morgan fingerprint density at radius 1 is 1.00 bits per heavy atom. The molecule has 1 fully saturated rings. The van der Waals surface area contributed by atoms with Crippen molar-refractivity contribution in [2.24, 2.45) is 5.92 Å². The molecule has 0 radical (unpaired) electrons. The number of Topliss-reactive ketones (excluding diaryl/α,β-unsaturated/α-hetero) is 1. The van der Waals surface area contributed by atoms with Crippen molar-refractivity contribution in [3.63, 3.8) is 0 Å². The maximum Gasteiger partial charge on any atom is 0.229 e. The van der Waals surface area contributed by atoms with Crippen molar-refractivity contribution in [3.8, 4) is 0 Å². The lowest BCUT2D eigenvalue weighted by Crippen LogP contribution is -2.37. The third-order valence-electron chi connectivity index (χ3n) is 5.85. The predicted molar refractivity (Wildman–Crippen MR) is 110 cm³/mol. The molecule has 0 N–H and O–H groups in total. The van der Waals surface area contributed by atoms with Crippen LogP contribution in [-0.2, 0) is 9.53 Å². The second-order valence-corrected chi connectivity index (χ2v) is 7.63. The molecule has 146 valence electrons. The minimum atomic E-state index is -0.331. The number of ether oxygens (including phenoxy) is 1. The number of para-hydroxylation sites is 2. The first-order valence-electron chi connectivity index (χ1n) is 9.90. The standard InChI is InChI=1S/C23H26N2O3/c1-16-15-19(17-7-3-5-9-20(17)24(2)23(16)27)22(26)18-8-4-6-10-21(18)25-11-13-28-14-12-25/h3-10,16,19H,11-15H2,1-2H3. The van der Waals surface area contributed by atoms with Crippen LogP contribution in [0.15, 0.2) is 48.5 Å². The van der Waals surface area contributed by atoms with Gasteiger partial charge in [0.15, 0.2) is 5.78 Å². The van der Waals surface area contributed by atoms with Crippen LogP contribution in [-0.4, -0.2) is 45.0 Å². The van der Waals surface area contributed by atoms with Gasteiger partial charge < -0.3 is 14.5 Å². The van der Waals surface area contributed by atoms with E-state index < -0.39 is 0 Å². The Morgan fingerprint density at radius 3 is 2.39 bits per heavy atom. The third-order valence-corrected chi connectivity index (χ3v) is 5.85. The van der Waals surface area contributed by atoms with Gasteiger partial charge in [0.1, 0.15) is 0 Å². The van der Waals surface area contributed by atoms with Gasteiger partial charge in [-0.25, -0.2) is 0 Å². The number of ketones is 1. The van der Waals surface area contributed by atoms with Gasteiger partial charge in [0, 0.05) is 43.0 Å². The van der Waals surface area contributed by atoms with E-state index in [1.807, 2.05) is 55.5 Å². The molecule has 0 spiro atoms. The highest BCUT2D eigenvalue weighted by molar-refractivity contribution is 6.08. The van der Waals surface area contributed by atoms with E-state index >= 15 is 0 Å². The number of rotatable bonds is 3. The summed E-state index contributed by atoms with van der Waals surface area (Å²) < 4.78 is 5.47. The monoisotopic (exact) mass is 378 g/mol. The summed E-state index contributed by atoms with van der Waals surface area (Å²) in [5, 5.41) is 0. The normalized spacial score (nSPS) is 22.6. The van der Waals surface area contributed by atoms with E-state index in [-0.39, 0.29) is 23.5 Å². The zero-order valence-corrected chi connectivity index (χ0v) is 16.4. The highest BCUT2D eigenvalue weighted by Gasteiger charge is 2.35. The first-order chi connectivity index (χ1) is 13.6. The maximum atomic E-state index is 13.7. The molecular formula is C23H26N2O3. The highest BCUT2D eigenvalue weighted by atomic mass is 16.5. The van der Waals surface area contributed by atoms with E-state index in [2.05, 4.69) is 4.90 Å². The number of nitrogens with zero attached hydrogens (tertiary/aromatic N) is 2. The number of hydrogen-bond donors (Lipinski definition) is 0. The molecule has 2 aromatic rings. The van der Waals surface area contributed by atoms with Crippen LogP contribution in [0.3, 0.4) is 0 Å². The second kappa shape index (κ2) is 7.76. The number of morpholine rings is 1. The molecule has 28 heavy (non-hydrogen) atoms. The molecule has 2 aromatic carbocycles. The Labute approximate surface area is 165 Å². The Morgan fingerprint density at radius 2 is 1.64 bits per heavy atom. The Hall–Kier alpha value is -2.66. The van der Waals surface area contributed by atoms with Gasteiger partial charge in [0.05, 0.1) is 19.1 Å². The molecule has 2 heterocycles. The van der Waals surface area contributed by atoms with Crippen LogP contribution < -0.4 is 9.80 Å². The first-order valence-corrected chi connectivity index (χ1v) is 9.90. The minimum Gasteiger partial charge on any atom is -0.378 e. The van der Waals surface area contributed by atoms with E-state index in [0.717, 1.165) is 35.6 Å². The lowest BCUT2D eigenvalue weighted by atomic mass is 9.83. The van der Waals surface area contributed by atoms with Crippen molar-refractivity contribution < 1.29 is 14.3 Å². The molecule has 2 aliphatic heterocycles. The first kappa shape index (κ1) is 18.7. The predicted octanol–water partition coefficient (Wildman–Crippen LogP) is 3.49. The summed E-state index contributed by atoms with van der Waals surface area (Å²) in [7, 11) is 1.80. The van der Waals surface area contributed by atoms with Crippen LogP contribution in [0.25, 0.3) is 0 Å². The SMILES string of the molecule is CC1CC(C(=O)c2ccccc2N2CCOCC2)c2ccccc2N(C)C1=O. The maximum absolute atomic E-state index is 13.7. The molecule has 0 aromatic heterocycles. The molecule has 2 aliphatic rings. The van der Waals surface area contributed by atoms with Gasteiger partial charge >= 0.3 is 0 Å². The number of fused-ring (bicyclic) bond motifs is 1. The van der Waals surface area contributed by atoms with Crippen molar-refractivity contribution in [1.82, 2.24) is 0 Å². The van der Waals surface area contributed by atoms with Gasteiger partial charge in [0.25, 0.3) is 0 Å². The average Bonchev–Trinajstić information content (AvgIpc) is 2.85. The van der Waals surface area contributed by atoms with Crippen LogP contribution in [0.4, 0.5) is 11.4 Å². The van der Waals surface area contributed by atoms with Crippen molar-refractivity contribution in [2.75, 3.05) is 43.2 Å². The van der Waals surface area contributed by atoms with Crippen LogP contribution in [0.5, 0.6) is 0 Å². The van der Waals surface area contributed by atoms with Crippen LogP contribution in [0.2, 0.25) is 0 Å². The Kier molecular flexibility index (Phi) is 5.18. The molecule has 1 saturated heterocycles. The molecule has 4 rings (SSSR count). The van der Waals surface area contributed by atoms with Crippen molar-refractivity contribution in [3.05, 3.63) is 59.7 Å². The fourth-order valence-electron chi connectivity index (χ4n) is 4.32. The van der Waals surface area contributed by atoms with Gasteiger partial charge in [-0.1, -0.05) is 37.3 Å². The Bertz CT molecular complexity index is 889. The quantitative estimate of drug-likeness (QED) is 0.767. The van der Waals surface area contributed by atoms with E-state index in [9.17, 15) is 9.59 Å². The van der Waals surface area contributed by atoms with Crippen molar-refractivity contribution in [2.45, 2.75) is 19.3 Å². The topological polar surface area (TPSA) is 49.9 Å². The van der Waals surface area contributed by atoms with Crippen LogP contribution in [0, 0.1) is 5.92 Å². The summed E-state index contributed by atoms with van der Waals surface area (Å²) in [6, 6.07) is 15.6. The molecule has 0 saturated carbocycles. The van der Waals surface area contributed by atoms with Gasteiger partial charge in [-0.2, -0.15) is 0 Å². The van der Waals surface area contributed by atoms with Crippen LogP contribution in [0.1, 0.15) is 35.2 Å². The summed E-state index contributed by atoms with van der Waals surface area (Å²) in [6.07, 6.45) is 0.524. The van der Waals surface area contributed by atoms with E-state index in [1.54, 1.807) is 11.9 Å². The number of amides is 1. The van der Waals surface area contributed by atoms with E-state index in [4.69, 9.17) is 4.74 Å². The highest BCUT2D eigenvalue weighted by Crippen LogP contribution is 2.39. The van der Waals surface area contributed by atoms with Gasteiger partial charge in [0.2, 0.25) is 5.91 Å². The molecule has 5 nitrogen and oxygen atoms in total. The number of carbonyl (C=O) groups excluding carboxylic acids is 2. The second-order valence-electron chi connectivity index (χ2n) is 7.63. The zero-order chi connectivity index (χ0) is 19.7. The molecular weight excluding hydrogens is 352 g/mol. The molecule has 0 bridgehead atoms. The summed E-state index contributed by atoms with van der Waals surface area (Å²) in [4.78, 5) is 30.4. The Balaban J connectivity index is 1.76. The fourth-order valence-corrected chi connectivity index (χ4v) is 4.32. The lowest BCUT2D eigenvalue weighted by Gasteiger charge is -2.31. The molecule has 2 unspecified atom stereocenters. The summed E-state index contributed by atoms with van der Waals surface area (Å²) in [5.41, 5.74) is 3.46. The number of hydrogen-bond acceptors (Lipinski definition) is 4. The molecule has 1 amide bonds. The molecule has 5 heteroatoms. The number of benzene rings is 2.